The third kappa shape index (κ3) is 6.44. The lowest BCUT2D eigenvalue weighted by Gasteiger charge is -2.14. The highest BCUT2D eigenvalue weighted by molar-refractivity contribution is 5.94. The van der Waals surface area contributed by atoms with Crippen molar-refractivity contribution in [3.63, 3.8) is 0 Å². The number of halogens is 3. The molecule has 0 heterocycles. The molecule has 0 bridgehead atoms. The molecular formula is C15H20F3NO3. The van der Waals surface area contributed by atoms with Gasteiger partial charge in [-0.3, -0.25) is 4.79 Å². The standard InChI is InChI=1S/C15H20F3NO3/c1-10(2)8-22-9-13(20)7-19-14(21)11-4-3-5-12(6-11)15(16,17)18/h3-6,10,13,20H,7-9H2,1-2H3,(H,19,21). The van der Waals surface area contributed by atoms with Crippen molar-refractivity contribution in [2.24, 2.45) is 5.92 Å². The lowest BCUT2D eigenvalue weighted by molar-refractivity contribution is -0.137. The smallest absolute Gasteiger partial charge is 0.389 e. The highest BCUT2D eigenvalue weighted by Crippen LogP contribution is 2.29. The Labute approximate surface area is 127 Å². The number of alkyl halides is 3. The minimum atomic E-state index is -4.50. The average Bonchev–Trinajstić information content (AvgIpc) is 2.43. The molecule has 2 N–H and O–H groups in total. The van der Waals surface area contributed by atoms with Gasteiger partial charge in [0.15, 0.2) is 0 Å². The first kappa shape index (κ1) is 18.4. The van der Waals surface area contributed by atoms with Crippen LogP contribution in [0.5, 0.6) is 0 Å². The predicted molar refractivity (Wildman–Crippen MR) is 75.4 cm³/mol. The topological polar surface area (TPSA) is 58.6 Å². The van der Waals surface area contributed by atoms with Crippen LogP contribution < -0.4 is 5.32 Å². The molecule has 1 atom stereocenters. The molecule has 0 fully saturated rings. The lowest BCUT2D eigenvalue weighted by Crippen LogP contribution is -2.35. The molecule has 1 aromatic carbocycles. The van der Waals surface area contributed by atoms with E-state index in [1.807, 2.05) is 13.8 Å². The quantitative estimate of drug-likeness (QED) is 0.812. The molecule has 0 radical (unpaired) electrons. The molecule has 0 aliphatic heterocycles. The molecule has 1 unspecified atom stereocenters. The van der Waals surface area contributed by atoms with Crippen LogP contribution in [-0.4, -0.2) is 36.9 Å². The number of hydrogen-bond acceptors (Lipinski definition) is 3. The van der Waals surface area contributed by atoms with E-state index < -0.39 is 23.8 Å². The van der Waals surface area contributed by atoms with E-state index in [-0.39, 0.29) is 18.7 Å². The van der Waals surface area contributed by atoms with Gasteiger partial charge >= 0.3 is 6.18 Å². The zero-order chi connectivity index (χ0) is 16.8. The number of aliphatic hydroxyl groups is 1. The number of carbonyl (C=O) groups excluding carboxylic acids is 1. The van der Waals surface area contributed by atoms with Crippen LogP contribution in [0, 0.1) is 5.92 Å². The van der Waals surface area contributed by atoms with E-state index in [9.17, 15) is 23.1 Å². The Morgan fingerprint density at radius 3 is 2.59 bits per heavy atom. The van der Waals surface area contributed by atoms with Crippen LogP contribution in [0.25, 0.3) is 0 Å². The number of nitrogens with one attached hydrogen (secondary N) is 1. The molecule has 0 spiro atoms. The highest BCUT2D eigenvalue weighted by Gasteiger charge is 2.30. The van der Waals surface area contributed by atoms with Gasteiger partial charge in [0.2, 0.25) is 0 Å². The third-order valence-electron chi connectivity index (χ3n) is 2.71. The zero-order valence-corrected chi connectivity index (χ0v) is 12.5. The van der Waals surface area contributed by atoms with E-state index >= 15 is 0 Å². The van der Waals surface area contributed by atoms with Crippen LogP contribution >= 0.6 is 0 Å². The minimum Gasteiger partial charge on any atom is -0.389 e. The fourth-order valence-electron chi connectivity index (χ4n) is 1.65. The lowest BCUT2D eigenvalue weighted by atomic mass is 10.1. The highest BCUT2D eigenvalue weighted by atomic mass is 19.4. The summed E-state index contributed by atoms with van der Waals surface area (Å²) in [5, 5.41) is 12.0. The molecule has 0 aliphatic carbocycles. The van der Waals surface area contributed by atoms with Gasteiger partial charge in [-0.25, -0.2) is 0 Å². The van der Waals surface area contributed by atoms with Crippen molar-refractivity contribution >= 4 is 5.91 Å². The van der Waals surface area contributed by atoms with E-state index in [0.29, 0.717) is 12.5 Å². The second kappa shape index (κ2) is 8.14. The summed E-state index contributed by atoms with van der Waals surface area (Å²) in [4.78, 5) is 11.8. The van der Waals surface area contributed by atoms with E-state index in [0.717, 1.165) is 12.1 Å². The first-order valence-electron chi connectivity index (χ1n) is 6.91. The van der Waals surface area contributed by atoms with Crippen LogP contribution in [0.15, 0.2) is 24.3 Å². The molecule has 4 nitrogen and oxygen atoms in total. The molecule has 1 rings (SSSR count). The zero-order valence-electron chi connectivity index (χ0n) is 12.5. The Morgan fingerprint density at radius 1 is 1.32 bits per heavy atom. The molecule has 0 saturated heterocycles. The van der Waals surface area contributed by atoms with E-state index in [1.54, 1.807) is 0 Å². The van der Waals surface area contributed by atoms with Gasteiger partial charge in [0.25, 0.3) is 5.91 Å². The molecule has 124 valence electrons. The summed E-state index contributed by atoms with van der Waals surface area (Å²) in [5.74, 6) is -0.346. The summed E-state index contributed by atoms with van der Waals surface area (Å²) in [6.07, 6.45) is -5.41. The van der Waals surface area contributed by atoms with Crippen molar-refractivity contribution in [2.45, 2.75) is 26.1 Å². The summed E-state index contributed by atoms with van der Waals surface area (Å²) in [7, 11) is 0. The average molecular weight is 319 g/mol. The van der Waals surface area contributed by atoms with E-state index in [2.05, 4.69) is 5.32 Å². The summed E-state index contributed by atoms with van der Waals surface area (Å²) >= 11 is 0. The molecule has 7 heteroatoms. The van der Waals surface area contributed by atoms with Crippen LogP contribution in [0.1, 0.15) is 29.8 Å². The van der Waals surface area contributed by atoms with Gasteiger partial charge in [0.05, 0.1) is 18.3 Å². The monoisotopic (exact) mass is 319 g/mol. The molecule has 22 heavy (non-hydrogen) atoms. The van der Waals surface area contributed by atoms with Crippen molar-refractivity contribution < 1.29 is 27.8 Å². The summed E-state index contributed by atoms with van der Waals surface area (Å²) < 4.78 is 42.9. The number of hydrogen-bond donors (Lipinski definition) is 2. The normalized spacial score (nSPS) is 13.2. The van der Waals surface area contributed by atoms with Crippen LogP contribution in [0.3, 0.4) is 0 Å². The maximum atomic E-state index is 12.6. The number of aliphatic hydroxyl groups excluding tert-OH is 1. The van der Waals surface area contributed by atoms with Gasteiger partial charge in [-0.05, 0) is 24.1 Å². The molecular weight excluding hydrogens is 299 g/mol. The van der Waals surface area contributed by atoms with Crippen molar-refractivity contribution in [3.8, 4) is 0 Å². The Hall–Kier alpha value is -1.60. The van der Waals surface area contributed by atoms with Gasteiger partial charge in [-0.15, -0.1) is 0 Å². The summed E-state index contributed by atoms with van der Waals surface area (Å²) in [6.45, 7) is 4.37. The fraction of sp³-hybridized carbons (Fsp3) is 0.533. The molecule has 1 amide bonds. The fourth-order valence-corrected chi connectivity index (χ4v) is 1.65. The number of benzene rings is 1. The summed E-state index contributed by atoms with van der Waals surface area (Å²) in [5.41, 5.74) is -0.994. The van der Waals surface area contributed by atoms with Gasteiger partial charge in [0.1, 0.15) is 0 Å². The van der Waals surface area contributed by atoms with E-state index in [4.69, 9.17) is 4.74 Å². The second-order valence-corrected chi connectivity index (χ2v) is 5.37. The predicted octanol–water partition coefficient (Wildman–Crippen LogP) is 2.47. The second-order valence-electron chi connectivity index (χ2n) is 5.37. The Kier molecular flexibility index (Phi) is 6.83. The minimum absolute atomic E-state index is 0.0566. The Balaban J connectivity index is 2.49. The van der Waals surface area contributed by atoms with Crippen LogP contribution in [0.4, 0.5) is 13.2 Å². The van der Waals surface area contributed by atoms with Gasteiger partial charge < -0.3 is 15.2 Å². The van der Waals surface area contributed by atoms with Crippen LogP contribution in [-0.2, 0) is 10.9 Å². The Bertz CT molecular complexity index is 489. The molecule has 0 aromatic heterocycles. The Morgan fingerprint density at radius 2 is 2.00 bits per heavy atom. The maximum absolute atomic E-state index is 12.6. The van der Waals surface area contributed by atoms with Crippen molar-refractivity contribution in [1.82, 2.24) is 5.32 Å². The number of amides is 1. The largest absolute Gasteiger partial charge is 0.416 e. The van der Waals surface area contributed by atoms with Crippen molar-refractivity contribution in [3.05, 3.63) is 35.4 Å². The molecule has 0 saturated carbocycles. The third-order valence-corrected chi connectivity index (χ3v) is 2.71. The first-order valence-corrected chi connectivity index (χ1v) is 6.91. The van der Waals surface area contributed by atoms with Crippen molar-refractivity contribution in [1.29, 1.82) is 0 Å². The maximum Gasteiger partial charge on any atom is 0.416 e. The molecule has 1 aromatic rings. The SMILES string of the molecule is CC(C)COCC(O)CNC(=O)c1cccc(C(F)(F)F)c1. The van der Waals surface area contributed by atoms with Gasteiger partial charge in [-0.2, -0.15) is 13.2 Å². The van der Waals surface area contributed by atoms with E-state index in [1.165, 1.54) is 12.1 Å². The summed E-state index contributed by atoms with van der Waals surface area (Å²) in [6, 6.07) is 4.12. The van der Waals surface area contributed by atoms with Crippen LogP contribution in [0.2, 0.25) is 0 Å². The van der Waals surface area contributed by atoms with Gasteiger partial charge in [-0.1, -0.05) is 19.9 Å². The van der Waals surface area contributed by atoms with Gasteiger partial charge in [0, 0.05) is 18.7 Å². The number of ether oxygens (including phenoxy) is 1. The number of rotatable bonds is 7. The number of carbonyl (C=O) groups is 1. The van der Waals surface area contributed by atoms with Crippen molar-refractivity contribution in [2.75, 3.05) is 19.8 Å². The first-order chi connectivity index (χ1) is 10.2. The molecule has 0 aliphatic rings.